The lowest BCUT2D eigenvalue weighted by atomic mass is 10.1. The number of rotatable bonds is 6. The van der Waals surface area contributed by atoms with Crippen molar-refractivity contribution in [1.82, 2.24) is 18.7 Å². The van der Waals surface area contributed by atoms with Crippen molar-refractivity contribution >= 4 is 113 Å². The quantitative estimate of drug-likeness (QED) is 0.125. The van der Waals surface area contributed by atoms with E-state index >= 15 is 0 Å². The fraction of sp³-hybridized carbons (Fsp3) is 0. The Labute approximate surface area is 324 Å². The minimum Gasteiger partial charge on any atom is -0.304 e. The van der Waals surface area contributed by atoms with Crippen LogP contribution in [0.2, 0.25) is 0 Å². The van der Waals surface area contributed by atoms with Crippen LogP contribution < -0.4 is 26.5 Å². The first kappa shape index (κ1) is 32.5. The summed E-state index contributed by atoms with van der Waals surface area (Å²) in [6, 6.07) is 65.6. The van der Waals surface area contributed by atoms with Crippen molar-refractivity contribution in [3.63, 3.8) is 0 Å². The molecular weight excluding hydrogens is 727 g/mol. The second-order valence-corrected chi connectivity index (χ2v) is 20.2. The summed E-state index contributed by atoms with van der Waals surface area (Å²) in [6.07, 6.45) is 0.973. The average Bonchev–Trinajstić information content (AvgIpc) is 3.82. The molecule has 7 aromatic carbocycles. The third-order valence-electron chi connectivity index (χ3n) is 10.8. The van der Waals surface area contributed by atoms with Gasteiger partial charge in [-0.2, -0.15) is 0 Å². The van der Waals surface area contributed by atoms with Gasteiger partial charge in [0.25, 0.3) is 0 Å². The lowest BCUT2D eigenvalue weighted by Crippen LogP contribution is -2.22. The maximum Gasteiger partial charge on any atom is 0.146 e. The number of para-hydroxylation sites is 4. The van der Waals surface area contributed by atoms with Crippen LogP contribution in [0.25, 0.3) is 60.2 Å². The Kier molecular flexibility index (Phi) is 7.57. The summed E-state index contributed by atoms with van der Waals surface area (Å²) in [4.78, 5) is 10.3. The fourth-order valence-corrected chi connectivity index (χ4v) is 15.0. The molecule has 0 spiro atoms. The zero-order chi connectivity index (χ0) is 36.5. The third-order valence-corrected chi connectivity index (χ3v) is 17.9. The van der Waals surface area contributed by atoms with Gasteiger partial charge in [0.1, 0.15) is 17.4 Å². The molecule has 55 heavy (non-hydrogen) atoms. The van der Waals surface area contributed by atoms with Crippen LogP contribution in [0.1, 0.15) is 0 Å². The van der Waals surface area contributed by atoms with E-state index < -0.39 is 14.1 Å². The summed E-state index contributed by atoms with van der Waals surface area (Å²) in [6.45, 7) is 0. The molecule has 0 saturated heterocycles. The first-order valence-electron chi connectivity index (χ1n) is 18.4. The second kappa shape index (κ2) is 12.8. The van der Waals surface area contributed by atoms with Crippen LogP contribution in [-0.2, 0) is 11.8 Å². The van der Waals surface area contributed by atoms with Gasteiger partial charge >= 0.3 is 0 Å². The third kappa shape index (κ3) is 4.91. The van der Waals surface area contributed by atoms with Gasteiger partial charge in [-0.15, -0.1) is 0 Å². The van der Waals surface area contributed by atoms with Gasteiger partial charge in [0, 0.05) is 44.5 Å². The van der Waals surface area contributed by atoms with E-state index in [1.807, 2.05) is 18.5 Å². The molecule has 1 unspecified atom stereocenters. The average molecular weight is 759 g/mol. The first-order valence-corrected chi connectivity index (χ1v) is 22.5. The number of benzene rings is 7. The van der Waals surface area contributed by atoms with Crippen LogP contribution in [0, 0.1) is 0 Å². The number of fused-ring (bicyclic) bond motifs is 11. The molecule has 4 heterocycles. The molecule has 11 rings (SSSR count). The van der Waals surface area contributed by atoms with Crippen LogP contribution in [0.4, 0.5) is 0 Å². The molecular formula is C48H32N4P2S. The largest absolute Gasteiger partial charge is 0.304 e. The molecule has 11 aromatic rings. The minimum atomic E-state index is -2.82. The van der Waals surface area contributed by atoms with Crippen molar-refractivity contribution < 1.29 is 0 Å². The molecule has 0 aliphatic rings. The summed E-state index contributed by atoms with van der Waals surface area (Å²) in [5.74, 6) is 0. The molecule has 1 atom stereocenters. The van der Waals surface area contributed by atoms with Crippen molar-refractivity contribution in [2.75, 3.05) is 0 Å². The Morgan fingerprint density at radius 3 is 1.69 bits per heavy atom. The maximum atomic E-state index is 7.16. The summed E-state index contributed by atoms with van der Waals surface area (Å²) < 4.78 is 4.78. The number of pyridine rings is 2. The minimum absolute atomic E-state index is 0.779. The number of imidazole rings is 1. The zero-order valence-electron chi connectivity index (χ0n) is 29.6. The van der Waals surface area contributed by atoms with E-state index in [9.17, 15) is 0 Å². The molecule has 0 aliphatic carbocycles. The van der Waals surface area contributed by atoms with Gasteiger partial charge in [0.2, 0.25) is 0 Å². The second-order valence-electron chi connectivity index (χ2n) is 13.8. The van der Waals surface area contributed by atoms with Crippen LogP contribution in [0.5, 0.6) is 0 Å². The molecule has 4 nitrogen and oxygen atoms in total. The highest BCUT2D eigenvalue weighted by molar-refractivity contribution is 8.21. The molecule has 260 valence electrons. The summed E-state index contributed by atoms with van der Waals surface area (Å²) in [7, 11) is -0.779. The van der Waals surface area contributed by atoms with Gasteiger partial charge in [-0.05, 0) is 83.8 Å². The zero-order valence-corrected chi connectivity index (χ0v) is 32.2. The number of aromatic nitrogens is 4. The molecule has 0 fully saturated rings. The maximum absolute atomic E-state index is 7.16. The van der Waals surface area contributed by atoms with E-state index in [0.29, 0.717) is 0 Å². The molecule has 0 amide bonds. The number of nitrogens with zero attached hydrogens (tertiary/aromatic N) is 4. The standard InChI is InChI=1S/C48H32N4P2S/c55-54(36-19-14-30-49-32-36,52-43-24-11-8-20-37(43)38-21-9-12-25-44(38)52)46-27-13-26-45-47(46)50-48-40-29-28-35(31-41(40)39-22-7-10-23-42(39)51(45)48)53(33-15-3-1-4-16-33)34-17-5-2-6-18-34/h1-32H. The molecule has 0 saturated carbocycles. The van der Waals surface area contributed by atoms with Crippen LogP contribution in [0.3, 0.4) is 0 Å². The molecule has 0 aliphatic heterocycles. The van der Waals surface area contributed by atoms with Gasteiger partial charge in [0.05, 0.1) is 22.1 Å². The van der Waals surface area contributed by atoms with E-state index in [4.69, 9.17) is 16.8 Å². The number of hydrogen-bond donors (Lipinski definition) is 0. The molecule has 0 bridgehead atoms. The van der Waals surface area contributed by atoms with E-state index in [2.05, 4.69) is 190 Å². The van der Waals surface area contributed by atoms with Crippen LogP contribution >= 0.6 is 14.1 Å². The van der Waals surface area contributed by atoms with Gasteiger partial charge in [-0.3, -0.25) is 9.38 Å². The summed E-state index contributed by atoms with van der Waals surface area (Å²) in [5, 5.41) is 11.9. The lowest BCUT2D eigenvalue weighted by Gasteiger charge is -2.27. The summed E-state index contributed by atoms with van der Waals surface area (Å²) in [5.41, 5.74) is 6.26. The highest BCUT2D eigenvalue weighted by Crippen LogP contribution is 2.52. The Morgan fingerprint density at radius 1 is 0.473 bits per heavy atom. The monoisotopic (exact) mass is 758 g/mol. The fourth-order valence-electron chi connectivity index (χ4n) is 8.44. The molecule has 0 N–H and O–H groups in total. The highest BCUT2D eigenvalue weighted by atomic mass is 32.4. The lowest BCUT2D eigenvalue weighted by molar-refractivity contribution is 1.32. The molecule has 4 aromatic heterocycles. The SMILES string of the molecule is S=P(c1cccnc1)(c1cccc2c1nc1c3ccc(P(c4ccccc4)c4ccccc4)cc3c3ccccc3n21)n1c2ccccc2c2ccccc21. The highest BCUT2D eigenvalue weighted by Gasteiger charge is 2.32. The van der Waals surface area contributed by atoms with E-state index in [-0.39, 0.29) is 0 Å². The summed E-state index contributed by atoms with van der Waals surface area (Å²) >= 11 is 7.16. The van der Waals surface area contributed by atoms with Gasteiger partial charge in [0.15, 0.2) is 0 Å². The Hall–Kier alpha value is -5.96. The Morgan fingerprint density at radius 2 is 1.05 bits per heavy atom. The molecule has 7 heteroatoms. The predicted molar refractivity (Wildman–Crippen MR) is 239 cm³/mol. The van der Waals surface area contributed by atoms with Crippen molar-refractivity contribution in [1.29, 1.82) is 0 Å². The van der Waals surface area contributed by atoms with Crippen molar-refractivity contribution in [2.24, 2.45) is 0 Å². The van der Waals surface area contributed by atoms with E-state index in [1.165, 1.54) is 37.5 Å². The van der Waals surface area contributed by atoms with Crippen molar-refractivity contribution in [2.45, 2.75) is 0 Å². The Balaban J connectivity index is 1.23. The van der Waals surface area contributed by atoms with E-state index in [0.717, 1.165) is 49.2 Å². The van der Waals surface area contributed by atoms with Crippen molar-refractivity contribution in [3.05, 3.63) is 194 Å². The van der Waals surface area contributed by atoms with E-state index in [1.54, 1.807) is 0 Å². The normalized spacial score (nSPS) is 13.1. The van der Waals surface area contributed by atoms with Crippen LogP contribution in [-0.4, -0.2) is 18.7 Å². The predicted octanol–water partition coefficient (Wildman–Crippen LogP) is 9.95. The van der Waals surface area contributed by atoms with Gasteiger partial charge in [-0.25, -0.2) is 4.98 Å². The Bertz CT molecular complexity index is 3210. The van der Waals surface area contributed by atoms with Crippen LogP contribution in [0.15, 0.2) is 194 Å². The van der Waals surface area contributed by atoms with Crippen molar-refractivity contribution in [3.8, 4) is 0 Å². The number of hydrogen-bond acceptors (Lipinski definition) is 3. The smallest absolute Gasteiger partial charge is 0.146 e. The first-order chi connectivity index (χ1) is 27.2. The topological polar surface area (TPSA) is 35.1 Å². The van der Waals surface area contributed by atoms with Gasteiger partial charge < -0.3 is 4.34 Å². The molecule has 0 radical (unpaired) electrons. The van der Waals surface area contributed by atoms with Gasteiger partial charge in [-0.1, -0.05) is 139 Å².